The first kappa shape index (κ1) is 23.7. The molecule has 6 nitrogen and oxygen atoms in total. The summed E-state index contributed by atoms with van der Waals surface area (Å²) in [6.45, 7) is 3.08. The van der Waals surface area contributed by atoms with Crippen LogP contribution in [0.5, 0.6) is 0 Å². The fraction of sp³-hybridized carbons (Fsp3) is 0.222. The molecule has 0 fully saturated rings. The number of methoxy groups -OCH3 is 1. The summed E-state index contributed by atoms with van der Waals surface area (Å²) in [5.74, 6) is 1.53. The second kappa shape index (κ2) is 11.6. The van der Waals surface area contributed by atoms with E-state index in [-0.39, 0.29) is 5.91 Å². The van der Waals surface area contributed by atoms with Crippen molar-refractivity contribution in [3.63, 3.8) is 0 Å². The largest absolute Gasteiger partial charge is 0.383 e. The molecular weight excluding hydrogens is 444 g/mol. The Kier molecular flexibility index (Phi) is 8.12. The zero-order chi connectivity index (χ0) is 23.8. The topological polar surface area (TPSA) is 69.0 Å². The van der Waals surface area contributed by atoms with Crippen LogP contribution in [0.2, 0.25) is 0 Å². The molecule has 3 aromatic carbocycles. The summed E-state index contributed by atoms with van der Waals surface area (Å²) in [5, 5.41) is 12.7. The van der Waals surface area contributed by atoms with E-state index in [1.807, 2.05) is 42.5 Å². The predicted molar refractivity (Wildman–Crippen MR) is 136 cm³/mol. The minimum atomic E-state index is -0.0963. The molecule has 4 aromatic rings. The molecule has 1 heterocycles. The summed E-state index contributed by atoms with van der Waals surface area (Å²) >= 11 is 1.64. The second-order valence-corrected chi connectivity index (χ2v) is 8.91. The number of carbonyl (C=O) groups excluding carboxylic acids is 1. The van der Waals surface area contributed by atoms with E-state index in [9.17, 15) is 4.79 Å². The summed E-state index contributed by atoms with van der Waals surface area (Å²) in [4.78, 5) is 12.2. The van der Waals surface area contributed by atoms with Crippen molar-refractivity contribution in [1.82, 2.24) is 20.1 Å². The van der Waals surface area contributed by atoms with Crippen LogP contribution in [-0.2, 0) is 16.9 Å². The Morgan fingerprint density at radius 3 is 2.50 bits per heavy atom. The van der Waals surface area contributed by atoms with Gasteiger partial charge in [-0.1, -0.05) is 66.4 Å². The molecular formula is C27H28N4O2S. The molecule has 1 N–H and O–H groups in total. The van der Waals surface area contributed by atoms with E-state index in [1.165, 1.54) is 11.1 Å². The highest BCUT2D eigenvalue weighted by Gasteiger charge is 2.15. The molecule has 34 heavy (non-hydrogen) atoms. The maximum absolute atomic E-state index is 12.2. The number of thioether (sulfide) groups is 1. The average molecular weight is 473 g/mol. The molecule has 0 aliphatic carbocycles. The van der Waals surface area contributed by atoms with Crippen LogP contribution in [0.25, 0.3) is 5.69 Å². The average Bonchev–Trinajstić information content (AvgIpc) is 3.26. The molecule has 174 valence electrons. The Morgan fingerprint density at radius 1 is 0.971 bits per heavy atom. The number of hydrogen-bond donors (Lipinski definition) is 1. The number of aromatic nitrogens is 3. The fourth-order valence-corrected chi connectivity index (χ4v) is 4.51. The minimum absolute atomic E-state index is 0.0963. The molecule has 0 unspecified atom stereocenters. The van der Waals surface area contributed by atoms with Crippen molar-refractivity contribution in [3.8, 4) is 5.69 Å². The van der Waals surface area contributed by atoms with Crippen molar-refractivity contribution in [2.45, 2.75) is 24.3 Å². The lowest BCUT2D eigenvalue weighted by Crippen LogP contribution is -2.26. The number of nitrogens with zero attached hydrogens (tertiary/aromatic N) is 3. The SMILES string of the molecule is COCCNC(=O)c1ccc(CSc2nnc(Cc3ccccc3)n2-c2cccc(C)c2)cc1. The Bertz CT molecular complexity index is 1220. The van der Waals surface area contributed by atoms with Crippen LogP contribution in [0.1, 0.15) is 32.9 Å². The third-order valence-electron chi connectivity index (χ3n) is 5.34. The molecule has 0 atom stereocenters. The molecule has 0 aliphatic heterocycles. The number of nitrogens with one attached hydrogen (secondary N) is 1. The highest BCUT2D eigenvalue weighted by Crippen LogP contribution is 2.27. The van der Waals surface area contributed by atoms with Gasteiger partial charge in [0, 0.05) is 37.1 Å². The van der Waals surface area contributed by atoms with Gasteiger partial charge in [-0.05, 0) is 47.9 Å². The van der Waals surface area contributed by atoms with Crippen molar-refractivity contribution >= 4 is 17.7 Å². The van der Waals surface area contributed by atoms with E-state index in [0.29, 0.717) is 25.1 Å². The van der Waals surface area contributed by atoms with Crippen LogP contribution in [0, 0.1) is 6.92 Å². The zero-order valence-corrected chi connectivity index (χ0v) is 20.2. The van der Waals surface area contributed by atoms with Gasteiger partial charge in [0.1, 0.15) is 5.82 Å². The van der Waals surface area contributed by atoms with E-state index in [4.69, 9.17) is 4.74 Å². The van der Waals surface area contributed by atoms with Crippen LogP contribution >= 0.6 is 11.8 Å². The lowest BCUT2D eigenvalue weighted by Gasteiger charge is -2.11. The van der Waals surface area contributed by atoms with Crippen LogP contribution < -0.4 is 5.32 Å². The van der Waals surface area contributed by atoms with Gasteiger partial charge in [0.15, 0.2) is 5.16 Å². The Labute approximate surface area is 204 Å². The van der Waals surface area contributed by atoms with Gasteiger partial charge in [0.2, 0.25) is 0 Å². The summed E-state index contributed by atoms with van der Waals surface area (Å²) in [6.07, 6.45) is 0.704. The summed E-state index contributed by atoms with van der Waals surface area (Å²) < 4.78 is 7.11. The number of carbonyl (C=O) groups is 1. The molecule has 1 amide bonds. The Balaban J connectivity index is 1.51. The van der Waals surface area contributed by atoms with E-state index in [1.54, 1.807) is 18.9 Å². The van der Waals surface area contributed by atoms with Crippen LogP contribution in [0.4, 0.5) is 0 Å². The van der Waals surface area contributed by atoms with Gasteiger partial charge in [-0.3, -0.25) is 9.36 Å². The van der Waals surface area contributed by atoms with Gasteiger partial charge in [-0.2, -0.15) is 0 Å². The van der Waals surface area contributed by atoms with E-state index < -0.39 is 0 Å². The second-order valence-electron chi connectivity index (χ2n) is 7.97. The number of benzene rings is 3. The number of hydrogen-bond acceptors (Lipinski definition) is 5. The van der Waals surface area contributed by atoms with Crippen molar-refractivity contribution < 1.29 is 9.53 Å². The van der Waals surface area contributed by atoms with Crippen molar-refractivity contribution in [2.24, 2.45) is 0 Å². The summed E-state index contributed by atoms with van der Waals surface area (Å²) in [6, 6.07) is 26.4. The highest BCUT2D eigenvalue weighted by atomic mass is 32.2. The molecule has 0 saturated carbocycles. The number of amides is 1. The maximum atomic E-state index is 12.2. The number of ether oxygens (including phenoxy) is 1. The smallest absolute Gasteiger partial charge is 0.251 e. The van der Waals surface area contributed by atoms with E-state index in [0.717, 1.165) is 28.0 Å². The van der Waals surface area contributed by atoms with Crippen molar-refractivity contribution in [1.29, 1.82) is 0 Å². The van der Waals surface area contributed by atoms with Gasteiger partial charge in [0.05, 0.1) is 6.61 Å². The molecule has 1 aromatic heterocycles. The standard InChI is InChI=1S/C27H28N4O2S/c1-20-7-6-10-24(17-20)31-25(18-21-8-4-3-5-9-21)29-30-27(31)34-19-22-11-13-23(14-12-22)26(32)28-15-16-33-2/h3-14,17H,15-16,18-19H2,1-2H3,(H,28,32). The van der Waals surface area contributed by atoms with Crippen LogP contribution in [0.3, 0.4) is 0 Å². The highest BCUT2D eigenvalue weighted by molar-refractivity contribution is 7.98. The zero-order valence-electron chi connectivity index (χ0n) is 19.4. The van der Waals surface area contributed by atoms with Crippen LogP contribution in [0.15, 0.2) is 84.0 Å². The molecule has 4 rings (SSSR count). The number of aryl methyl sites for hydroxylation is 1. The van der Waals surface area contributed by atoms with Crippen molar-refractivity contribution in [3.05, 3.63) is 107 Å². The Hall–Kier alpha value is -3.42. The summed E-state index contributed by atoms with van der Waals surface area (Å²) in [7, 11) is 1.61. The van der Waals surface area contributed by atoms with Gasteiger partial charge in [-0.15, -0.1) is 10.2 Å². The first-order valence-corrected chi connectivity index (χ1v) is 12.2. The van der Waals surface area contributed by atoms with Crippen LogP contribution in [-0.4, -0.2) is 40.9 Å². The summed E-state index contributed by atoms with van der Waals surface area (Å²) in [5.41, 5.74) is 5.19. The van der Waals surface area contributed by atoms with Crippen molar-refractivity contribution in [2.75, 3.05) is 20.3 Å². The van der Waals surface area contributed by atoms with Gasteiger partial charge in [-0.25, -0.2) is 0 Å². The maximum Gasteiger partial charge on any atom is 0.251 e. The van der Waals surface area contributed by atoms with Gasteiger partial charge >= 0.3 is 0 Å². The third-order valence-corrected chi connectivity index (χ3v) is 6.34. The first-order chi connectivity index (χ1) is 16.6. The number of rotatable bonds is 10. The van der Waals surface area contributed by atoms with Gasteiger partial charge < -0.3 is 10.1 Å². The Morgan fingerprint density at radius 2 is 1.76 bits per heavy atom. The molecule has 0 radical (unpaired) electrons. The monoisotopic (exact) mass is 472 g/mol. The van der Waals surface area contributed by atoms with E-state index in [2.05, 4.69) is 63.4 Å². The minimum Gasteiger partial charge on any atom is -0.383 e. The normalized spacial score (nSPS) is 10.9. The quantitative estimate of drug-likeness (QED) is 0.264. The molecule has 0 aliphatic rings. The third kappa shape index (κ3) is 6.12. The van der Waals surface area contributed by atoms with Gasteiger partial charge in [0.25, 0.3) is 5.91 Å². The fourth-order valence-electron chi connectivity index (χ4n) is 3.58. The predicted octanol–water partition coefficient (Wildman–Crippen LogP) is 4.84. The lowest BCUT2D eigenvalue weighted by atomic mass is 10.1. The molecule has 0 saturated heterocycles. The van der Waals surface area contributed by atoms with E-state index >= 15 is 0 Å². The molecule has 0 bridgehead atoms. The lowest BCUT2D eigenvalue weighted by molar-refractivity contribution is 0.0937. The molecule has 0 spiro atoms. The molecule has 7 heteroatoms. The first-order valence-electron chi connectivity index (χ1n) is 11.2.